The quantitative estimate of drug-likeness (QED) is 0.797. The summed E-state index contributed by atoms with van der Waals surface area (Å²) in [4.78, 5) is 44.5. The zero-order chi connectivity index (χ0) is 22.1. The molecule has 0 saturated carbocycles. The number of nitrogens with one attached hydrogen (secondary N) is 1. The van der Waals surface area contributed by atoms with Crippen LogP contribution in [0.25, 0.3) is 0 Å². The molecule has 0 aromatic heterocycles. The van der Waals surface area contributed by atoms with E-state index in [-0.39, 0.29) is 24.3 Å². The molecule has 32 heavy (non-hydrogen) atoms. The summed E-state index contributed by atoms with van der Waals surface area (Å²) in [5.74, 6) is -0.636. The first kappa shape index (κ1) is 20.5. The van der Waals surface area contributed by atoms with E-state index in [1.165, 1.54) is 4.90 Å². The van der Waals surface area contributed by atoms with Gasteiger partial charge in [0.15, 0.2) is 0 Å². The Morgan fingerprint density at radius 1 is 1.00 bits per heavy atom. The molecule has 3 heterocycles. The van der Waals surface area contributed by atoms with Crippen molar-refractivity contribution in [2.45, 2.75) is 18.9 Å². The van der Waals surface area contributed by atoms with E-state index in [1.54, 1.807) is 29.2 Å². The van der Waals surface area contributed by atoms with E-state index in [4.69, 9.17) is 4.74 Å². The molecule has 0 bridgehead atoms. The number of fused-ring (bicyclic) bond motifs is 2. The predicted molar refractivity (Wildman–Crippen MR) is 121 cm³/mol. The number of hydrogen-bond donors (Lipinski definition) is 1. The third kappa shape index (κ3) is 3.82. The van der Waals surface area contributed by atoms with Gasteiger partial charge in [0.2, 0.25) is 11.8 Å². The molecule has 5 rings (SSSR count). The predicted octanol–water partition coefficient (Wildman–Crippen LogP) is 2.11. The summed E-state index contributed by atoms with van der Waals surface area (Å²) in [6, 6.07) is 14.2. The Balaban J connectivity index is 1.32. The first-order valence-corrected chi connectivity index (χ1v) is 11.1. The Hall–Kier alpha value is -3.39. The Kier molecular flexibility index (Phi) is 5.53. The second kappa shape index (κ2) is 8.63. The first-order valence-electron chi connectivity index (χ1n) is 11.1. The van der Waals surface area contributed by atoms with Crippen LogP contribution in [0.5, 0.6) is 0 Å². The van der Waals surface area contributed by atoms with Crippen molar-refractivity contribution in [1.29, 1.82) is 0 Å². The van der Waals surface area contributed by atoms with Gasteiger partial charge in [-0.3, -0.25) is 14.4 Å². The molecule has 0 unspecified atom stereocenters. The van der Waals surface area contributed by atoms with Gasteiger partial charge in [-0.05, 0) is 49.2 Å². The number of amides is 3. The van der Waals surface area contributed by atoms with Crippen LogP contribution in [0.4, 0.5) is 17.1 Å². The maximum atomic E-state index is 13.3. The van der Waals surface area contributed by atoms with Crippen molar-refractivity contribution in [2.24, 2.45) is 0 Å². The molecule has 0 spiro atoms. The first-order chi connectivity index (χ1) is 15.6. The van der Waals surface area contributed by atoms with E-state index in [2.05, 4.69) is 10.2 Å². The summed E-state index contributed by atoms with van der Waals surface area (Å²) in [5.41, 5.74) is 2.71. The van der Waals surface area contributed by atoms with Crippen molar-refractivity contribution < 1.29 is 19.1 Å². The minimum absolute atomic E-state index is 0.140. The fourth-order valence-corrected chi connectivity index (χ4v) is 4.69. The van der Waals surface area contributed by atoms with Gasteiger partial charge in [0.25, 0.3) is 5.91 Å². The normalized spacial score (nSPS) is 20.6. The number of nitrogens with zero attached hydrogens (tertiary/aromatic N) is 3. The van der Waals surface area contributed by atoms with E-state index in [0.717, 1.165) is 25.2 Å². The molecule has 0 aliphatic carbocycles. The van der Waals surface area contributed by atoms with Crippen LogP contribution >= 0.6 is 0 Å². The number of rotatable bonds is 4. The summed E-state index contributed by atoms with van der Waals surface area (Å²) in [5, 5.41) is 2.89. The maximum absolute atomic E-state index is 13.3. The third-order valence-electron chi connectivity index (χ3n) is 6.32. The molecule has 3 amide bonds. The molecule has 1 N–H and O–H groups in total. The number of carbonyl (C=O) groups is 3. The van der Waals surface area contributed by atoms with Gasteiger partial charge in [-0.2, -0.15) is 0 Å². The average molecular weight is 434 g/mol. The van der Waals surface area contributed by atoms with E-state index < -0.39 is 6.04 Å². The van der Waals surface area contributed by atoms with Crippen LogP contribution in [-0.2, 0) is 14.3 Å². The zero-order valence-corrected chi connectivity index (χ0v) is 17.8. The van der Waals surface area contributed by atoms with E-state index in [1.807, 2.05) is 24.3 Å². The molecule has 2 aromatic carbocycles. The number of hydrogen-bond acceptors (Lipinski definition) is 5. The Labute approximate surface area is 186 Å². The number of benzene rings is 2. The van der Waals surface area contributed by atoms with Crippen LogP contribution < -0.4 is 15.1 Å². The average Bonchev–Trinajstić information content (AvgIpc) is 3.30. The molecular weight excluding hydrogens is 408 g/mol. The third-order valence-corrected chi connectivity index (χ3v) is 6.32. The number of morpholine rings is 1. The number of carbonyl (C=O) groups excluding carboxylic acids is 3. The van der Waals surface area contributed by atoms with Crippen LogP contribution in [0, 0.1) is 0 Å². The van der Waals surface area contributed by atoms with Crippen LogP contribution in [0.15, 0.2) is 48.5 Å². The summed E-state index contributed by atoms with van der Waals surface area (Å²) in [6.45, 7) is 3.55. The summed E-state index contributed by atoms with van der Waals surface area (Å²) >= 11 is 0. The maximum Gasteiger partial charge on any atom is 0.256 e. The largest absolute Gasteiger partial charge is 0.378 e. The summed E-state index contributed by atoms with van der Waals surface area (Å²) < 4.78 is 5.39. The topological polar surface area (TPSA) is 82.2 Å². The Morgan fingerprint density at radius 3 is 2.53 bits per heavy atom. The van der Waals surface area contributed by atoms with E-state index in [0.29, 0.717) is 43.1 Å². The van der Waals surface area contributed by atoms with Crippen LogP contribution in [0.3, 0.4) is 0 Å². The SMILES string of the molecule is O=C(CN1C(=O)[C@@H]2CCCN2C(=O)c2ccccc21)Nc1ccc(N2CCOCC2)cc1. The fourth-order valence-electron chi connectivity index (χ4n) is 4.69. The van der Waals surface area contributed by atoms with Gasteiger partial charge < -0.3 is 24.8 Å². The van der Waals surface area contributed by atoms with Crippen molar-refractivity contribution in [3.63, 3.8) is 0 Å². The lowest BCUT2D eigenvalue weighted by molar-refractivity contribution is -0.124. The summed E-state index contributed by atoms with van der Waals surface area (Å²) in [6.07, 6.45) is 1.42. The number of anilines is 3. The molecule has 2 saturated heterocycles. The van der Waals surface area contributed by atoms with Gasteiger partial charge in [-0.15, -0.1) is 0 Å². The van der Waals surface area contributed by atoms with Crippen molar-refractivity contribution in [3.8, 4) is 0 Å². The van der Waals surface area contributed by atoms with Crippen LogP contribution in [0.2, 0.25) is 0 Å². The molecular formula is C24H26N4O4. The highest BCUT2D eigenvalue weighted by atomic mass is 16.5. The van der Waals surface area contributed by atoms with Crippen molar-refractivity contribution in [1.82, 2.24) is 4.90 Å². The van der Waals surface area contributed by atoms with Crippen molar-refractivity contribution >= 4 is 34.8 Å². The molecule has 1 atom stereocenters. The summed E-state index contributed by atoms with van der Waals surface area (Å²) in [7, 11) is 0. The van der Waals surface area contributed by atoms with Gasteiger partial charge in [0.05, 0.1) is 24.5 Å². The Bertz CT molecular complexity index is 1030. The highest BCUT2D eigenvalue weighted by Crippen LogP contribution is 2.32. The molecule has 8 nitrogen and oxygen atoms in total. The molecule has 3 aliphatic heterocycles. The van der Waals surface area contributed by atoms with E-state index >= 15 is 0 Å². The standard InChI is InChI=1S/C24H26N4O4/c29-22(25-17-7-9-18(10-8-17)26-12-14-32-15-13-26)16-28-20-5-2-1-4-19(20)23(30)27-11-3-6-21(27)24(28)31/h1-2,4-5,7-10,21H,3,6,11-16H2,(H,25,29)/t21-/m0/s1. The van der Waals surface area contributed by atoms with Gasteiger partial charge >= 0.3 is 0 Å². The Morgan fingerprint density at radius 2 is 1.75 bits per heavy atom. The van der Waals surface area contributed by atoms with Crippen molar-refractivity contribution in [3.05, 3.63) is 54.1 Å². The molecule has 3 aliphatic rings. The highest BCUT2D eigenvalue weighted by molar-refractivity contribution is 6.13. The van der Waals surface area contributed by atoms with Crippen molar-refractivity contribution in [2.75, 3.05) is 54.5 Å². The monoisotopic (exact) mass is 434 g/mol. The lowest BCUT2D eigenvalue weighted by Gasteiger charge is -2.29. The molecule has 2 fully saturated rings. The molecule has 0 radical (unpaired) electrons. The minimum Gasteiger partial charge on any atom is -0.378 e. The smallest absolute Gasteiger partial charge is 0.256 e. The van der Waals surface area contributed by atoms with Gasteiger partial charge in [0.1, 0.15) is 12.6 Å². The van der Waals surface area contributed by atoms with Gasteiger partial charge in [0, 0.05) is 31.0 Å². The van der Waals surface area contributed by atoms with Gasteiger partial charge in [-0.1, -0.05) is 12.1 Å². The lowest BCUT2D eigenvalue weighted by Crippen LogP contribution is -2.47. The molecule has 166 valence electrons. The number of ether oxygens (including phenoxy) is 1. The van der Waals surface area contributed by atoms with Crippen LogP contribution in [-0.4, -0.2) is 68.1 Å². The zero-order valence-electron chi connectivity index (χ0n) is 17.8. The second-order valence-electron chi connectivity index (χ2n) is 8.29. The number of para-hydroxylation sites is 1. The van der Waals surface area contributed by atoms with E-state index in [9.17, 15) is 14.4 Å². The second-order valence-corrected chi connectivity index (χ2v) is 8.29. The lowest BCUT2D eigenvalue weighted by atomic mass is 10.1. The van der Waals surface area contributed by atoms with Gasteiger partial charge in [-0.25, -0.2) is 0 Å². The minimum atomic E-state index is -0.504. The fraction of sp³-hybridized carbons (Fsp3) is 0.375. The molecule has 2 aromatic rings. The van der Waals surface area contributed by atoms with Crippen LogP contribution in [0.1, 0.15) is 23.2 Å². The molecule has 8 heteroatoms. The highest BCUT2D eigenvalue weighted by Gasteiger charge is 2.42.